The molecular formula is C31H49NO8S. The number of thioether (sulfide) groups is 1. The molecule has 2 saturated heterocycles. The molecule has 1 N–H and O–H groups in total. The van der Waals surface area contributed by atoms with Gasteiger partial charge in [0.1, 0.15) is 11.9 Å². The molecule has 0 radical (unpaired) electrons. The molecule has 2 saturated carbocycles. The Kier molecular flexibility index (Phi) is 8.94. The van der Waals surface area contributed by atoms with Gasteiger partial charge in [-0.25, -0.2) is 4.79 Å². The summed E-state index contributed by atoms with van der Waals surface area (Å²) in [6, 6.07) is 0. The van der Waals surface area contributed by atoms with Gasteiger partial charge in [-0.2, -0.15) is 0 Å². The molecule has 2 heterocycles. The standard InChI is InChI=1S/C31H49NO8S/c1-7-37-27(34)40-31-18-38-24(31)16-23(39-19-41-6)29(5)22(31)17-30(35)10-8-20(2)25(28(30,3)4)21(26(29)33)9-11-32-12-14-36-15-13-32/h21-24,35H,7-19H2,1-6H3/t21?,22?,23-,24+,29-,30+,31+/m0/s1. The van der Waals surface area contributed by atoms with Crippen molar-refractivity contribution >= 4 is 23.7 Å². The average molecular weight is 596 g/mol. The van der Waals surface area contributed by atoms with E-state index in [0.717, 1.165) is 31.6 Å². The molecule has 0 spiro atoms. The predicted octanol–water partition coefficient (Wildman–Crippen LogP) is 4.21. The fraction of sp³-hybridized carbons (Fsp3) is 0.871. The fourth-order valence-corrected chi connectivity index (χ4v) is 8.98. The molecule has 2 bridgehead atoms. The molecule has 232 valence electrons. The van der Waals surface area contributed by atoms with E-state index in [4.69, 9.17) is 23.7 Å². The van der Waals surface area contributed by atoms with Crippen LogP contribution in [0.3, 0.4) is 0 Å². The van der Waals surface area contributed by atoms with Gasteiger partial charge in [0.15, 0.2) is 5.60 Å². The third-order valence-corrected chi connectivity index (χ3v) is 11.5. The first kappa shape index (κ1) is 31.3. The van der Waals surface area contributed by atoms with Crippen LogP contribution in [-0.4, -0.2) is 104 Å². The van der Waals surface area contributed by atoms with Crippen LogP contribution in [0.1, 0.15) is 66.7 Å². The molecule has 2 unspecified atom stereocenters. The third-order valence-electron chi connectivity index (χ3n) is 11.2. The number of hydrogen-bond donors (Lipinski definition) is 1. The van der Waals surface area contributed by atoms with Gasteiger partial charge in [0, 0.05) is 36.8 Å². The first-order valence-corrected chi connectivity index (χ1v) is 16.7. The lowest BCUT2D eigenvalue weighted by atomic mass is 9.44. The van der Waals surface area contributed by atoms with Crippen molar-refractivity contribution < 1.29 is 38.4 Å². The van der Waals surface area contributed by atoms with Crippen LogP contribution in [0.15, 0.2) is 11.1 Å². The number of carbonyl (C=O) groups is 2. The topological polar surface area (TPSA) is 104 Å². The molecule has 5 aliphatic rings. The highest BCUT2D eigenvalue weighted by Crippen LogP contribution is 2.64. The smallest absolute Gasteiger partial charge is 0.435 e. The van der Waals surface area contributed by atoms with Gasteiger partial charge in [0.25, 0.3) is 0 Å². The van der Waals surface area contributed by atoms with Gasteiger partial charge in [-0.1, -0.05) is 25.0 Å². The van der Waals surface area contributed by atoms with Crippen LogP contribution in [0.25, 0.3) is 0 Å². The molecule has 0 aromatic rings. The van der Waals surface area contributed by atoms with E-state index in [2.05, 4.69) is 25.7 Å². The molecule has 0 aromatic heterocycles. The molecule has 2 aliphatic heterocycles. The number of aliphatic hydroxyl groups is 1. The van der Waals surface area contributed by atoms with Gasteiger partial charge in [-0.15, -0.1) is 11.8 Å². The normalized spacial score (nSPS) is 40.5. The monoisotopic (exact) mass is 595 g/mol. The summed E-state index contributed by atoms with van der Waals surface area (Å²) in [5.74, 6) is -0.314. The maximum Gasteiger partial charge on any atom is 0.509 e. The van der Waals surface area contributed by atoms with Crippen LogP contribution in [-0.2, 0) is 28.5 Å². The predicted molar refractivity (Wildman–Crippen MR) is 156 cm³/mol. The lowest BCUT2D eigenvalue weighted by Crippen LogP contribution is -2.77. The number of allylic oxidation sites excluding steroid dienone is 1. The van der Waals surface area contributed by atoms with Crippen LogP contribution in [0.5, 0.6) is 0 Å². The number of carbonyl (C=O) groups excluding carboxylic acids is 2. The highest BCUT2D eigenvalue weighted by Gasteiger charge is 2.73. The minimum atomic E-state index is -1.10. The first-order chi connectivity index (χ1) is 19.4. The maximum atomic E-state index is 15.3. The molecule has 0 amide bonds. The molecule has 5 rings (SSSR count). The zero-order valence-corrected chi connectivity index (χ0v) is 26.5. The van der Waals surface area contributed by atoms with Gasteiger partial charge in [-0.3, -0.25) is 9.69 Å². The Bertz CT molecular complexity index is 1040. The summed E-state index contributed by atoms with van der Waals surface area (Å²) in [4.78, 5) is 30.5. The van der Waals surface area contributed by atoms with Crippen LogP contribution < -0.4 is 0 Å². The van der Waals surface area contributed by atoms with Crippen molar-refractivity contribution in [1.29, 1.82) is 0 Å². The van der Waals surface area contributed by atoms with Crippen molar-refractivity contribution in [2.45, 2.75) is 90.1 Å². The molecule has 4 fully saturated rings. The van der Waals surface area contributed by atoms with Crippen molar-refractivity contribution in [2.24, 2.45) is 22.7 Å². The summed E-state index contributed by atoms with van der Waals surface area (Å²) >= 11 is 1.57. The average Bonchev–Trinajstić information content (AvgIpc) is 2.93. The molecule has 9 nitrogen and oxygen atoms in total. The van der Waals surface area contributed by atoms with E-state index < -0.39 is 46.3 Å². The zero-order chi connectivity index (χ0) is 29.6. The van der Waals surface area contributed by atoms with Gasteiger partial charge >= 0.3 is 6.16 Å². The summed E-state index contributed by atoms with van der Waals surface area (Å²) in [6.07, 6.45) is 3.09. The Balaban J connectivity index is 1.63. The lowest BCUT2D eigenvalue weighted by Gasteiger charge is -2.66. The number of hydrogen-bond acceptors (Lipinski definition) is 10. The van der Waals surface area contributed by atoms with E-state index in [0.29, 0.717) is 44.8 Å². The van der Waals surface area contributed by atoms with Crippen LogP contribution >= 0.6 is 11.8 Å². The van der Waals surface area contributed by atoms with Crippen molar-refractivity contribution in [3.8, 4) is 0 Å². The Hall–Kier alpha value is -1.17. The number of nitrogens with zero attached hydrogens (tertiary/aromatic N) is 1. The Morgan fingerprint density at radius 3 is 2.59 bits per heavy atom. The quantitative estimate of drug-likeness (QED) is 0.249. The highest BCUT2D eigenvalue weighted by molar-refractivity contribution is 7.98. The van der Waals surface area contributed by atoms with Gasteiger partial charge in [0.05, 0.1) is 49.5 Å². The highest BCUT2D eigenvalue weighted by atomic mass is 32.2. The van der Waals surface area contributed by atoms with E-state index in [1.54, 1.807) is 18.7 Å². The Labute approximate surface area is 249 Å². The fourth-order valence-electron chi connectivity index (χ4n) is 8.68. The number of rotatable bonds is 8. The number of ether oxygens (including phenoxy) is 5. The molecule has 10 heteroatoms. The van der Waals surface area contributed by atoms with Crippen molar-refractivity contribution in [3.05, 3.63) is 11.1 Å². The van der Waals surface area contributed by atoms with Crippen molar-refractivity contribution in [1.82, 2.24) is 4.90 Å². The van der Waals surface area contributed by atoms with Crippen LogP contribution in [0.4, 0.5) is 4.79 Å². The first-order valence-electron chi connectivity index (χ1n) is 15.3. The zero-order valence-electron chi connectivity index (χ0n) is 25.7. The van der Waals surface area contributed by atoms with E-state index in [1.165, 1.54) is 5.57 Å². The van der Waals surface area contributed by atoms with E-state index in [9.17, 15) is 9.90 Å². The molecule has 7 atom stereocenters. The van der Waals surface area contributed by atoms with Gasteiger partial charge in [-0.05, 0) is 59.3 Å². The minimum absolute atomic E-state index is 0.130. The van der Waals surface area contributed by atoms with E-state index in [1.807, 2.05) is 13.2 Å². The summed E-state index contributed by atoms with van der Waals surface area (Å²) in [7, 11) is 0. The SMILES string of the molecule is CCOC(=O)O[C@@]12CO[C@@H]1C[C@H](OCSC)[C@@]1(C)C(=O)C(CCN3CCOCC3)C3=C(C)CC[C@@](O)(CC12)C3(C)C. The van der Waals surface area contributed by atoms with E-state index in [-0.39, 0.29) is 24.9 Å². The van der Waals surface area contributed by atoms with Crippen molar-refractivity contribution in [2.75, 3.05) is 58.3 Å². The molecule has 0 aromatic carbocycles. The Morgan fingerprint density at radius 2 is 1.95 bits per heavy atom. The second kappa shape index (κ2) is 11.7. The van der Waals surface area contributed by atoms with Crippen molar-refractivity contribution in [3.63, 3.8) is 0 Å². The Morgan fingerprint density at radius 1 is 1.22 bits per heavy atom. The minimum Gasteiger partial charge on any atom is -0.435 e. The number of Topliss-reactive ketones (excluding diaryl/α,β-unsaturated/α-hetero) is 1. The lowest BCUT2D eigenvalue weighted by molar-refractivity contribution is -0.326. The summed E-state index contributed by atoms with van der Waals surface area (Å²) < 4.78 is 29.5. The van der Waals surface area contributed by atoms with Crippen LogP contribution in [0.2, 0.25) is 0 Å². The largest absolute Gasteiger partial charge is 0.509 e. The van der Waals surface area contributed by atoms with E-state index >= 15 is 4.79 Å². The summed E-state index contributed by atoms with van der Waals surface area (Å²) in [5.41, 5.74) is -1.52. The molecular weight excluding hydrogens is 546 g/mol. The van der Waals surface area contributed by atoms with Crippen LogP contribution in [0, 0.1) is 22.7 Å². The number of morpholine rings is 1. The summed E-state index contributed by atoms with van der Waals surface area (Å²) in [6.45, 7) is 14.3. The second-order valence-electron chi connectivity index (χ2n) is 13.4. The summed E-state index contributed by atoms with van der Waals surface area (Å²) in [5, 5.41) is 12.6. The second-order valence-corrected chi connectivity index (χ2v) is 14.2. The maximum absolute atomic E-state index is 15.3. The number of ketones is 1. The third kappa shape index (κ3) is 5.08. The van der Waals surface area contributed by atoms with Gasteiger partial charge < -0.3 is 28.8 Å². The molecule has 41 heavy (non-hydrogen) atoms. The number of fused-ring (bicyclic) bond motifs is 5. The molecule has 3 aliphatic carbocycles. The van der Waals surface area contributed by atoms with Gasteiger partial charge in [0.2, 0.25) is 0 Å².